The molecule has 0 aromatic rings. The summed E-state index contributed by atoms with van der Waals surface area (Å²) in [6, 6.07) is 0. The van der Waals surface area contributed by atoms with Crippen molar-refractivity contribution in [1.82, 2.24) is 0 Å². The Morgan fingerprint density at radius 3 is 2.56 bits per heavy atom. The SMILES string of the molecule is C[C@@](N)(CO)CCCF. The quantitative estimate of drug-likeness (QED) is 0.587. The van der Waals surface area contributed by atoms with Gasteiger partial charge in [0.25, 0.3) is 0 Å². The average Bonchev–Trinajstić information content (AvgIpc) is 1.84. The van der Waals surface area contributed by atoms with Gasteiger partial charge in [-0.05, 0) is 19.8 Å². The van der Waals surface area contributed by atoms with Crippen molar-refractivity contribution < 1.29 is 9.50 Å². The van der Waals surface area contributed by atoms with Crippen LogP contribution in [0, 0.1) is 0 Å². The van der Waals surface area contributed by atoms with Crippen molar-refractivity contribution in [3.05, 3.63) is 0 Å². The summed E-state index contributed by atoms with van der Waals surface area (Å²) in [5.41, 5.74) is 4.89. The lowest BCUT2D eigenvalue weighted by atomic mass is 9.99. The summed E-state index contributed by atoms with van der Waals surface area (Å²) in [6.07, 6.45) is 0.980. The number of halogens is 1. The maximum Gasteiger partial charge on any atom is 0.0895 e. The number of nitrogens with two attached hydrogens (primary N) is 1. The maximum atomic E-state index is 11.5. The van der Waals surface area contributed by atoms with Crippen LogP contribution in [0.4, 0.5) is 4.39 Å². The second-order valence-corrected chi connectivity index (χ2v) is 2.60. The predicted octanol–water partition coefficient (Wildman–Crippen LogP) is 0.446. The van der Waals surface area contributed by atoms with E-state index in [1.54, 1.807) is 6.92 Å². The van der Waals surface area contributed by atoms with Gasteiger partial charge in [-0.25, -0.2) is 0 Å². The minimum absolute atomic E-state index is 0.0764. The fourth-order valence-electron chi connectivity index (χ4n) is 0.550. The van der Waals surface area contributed by atoms with E-state index < -0.39 is 5.54 Å². The fourth-order valence-corrected chi connectivity index (χ4v) is 0.550. The molecule has 0 fully saturated rings. The molecule has 2 nitrogen and oxygen atoms in total. The van der Waals surface area contributed by atoms with Crippen LogP contribution in [0.15, 0.2) is 0 Å². The Bertz CT molecular complexity index is 75.5. The molecule has 0 aromatic carbocycles. The first kappa shape index (κ1) is 8.85. The highest BCUT2D eigenvalue weighted by Gasteiger charge is 2.15. The predicted molar refractivity (Wildman–Crippen MR) is 34.9 cm³/mol. The number of alkyl halides is 1. The topological polar surface area (TPSA) is 46.2 Å². The molecular weight excluding hydrogens is 121 g/mol. The van der Waals surface area contributed by atoms with Crippen LogP contribution in [0.1, 0.15) is 19.8 Å². The number of aliphatic hydroxyl groups excluding tert-OH is 1. The van der Waals surface area contributed by atoms with Gasteiger partial charge in [0.15, 0.2) is 0 Å². The molecule has 0 aliphatic heterocycles. The van der Waals surface area contributed by atoms with Gasteiger partial charge in [0.05, 0.1) is 13.3 Å². The summed E-state index contributed by atoms with van der Waals surface area (Å²) in [4.78, 5) is 0. The number of rotatable bonds is 4. The lowest BCUT2D eigenvalue weighted by Gasteiger charge is -2.20. The Morgan fingerprint density at radius 1 is 1.67 bits per heavy atom. The number of hydrogen-bond donors (Lipinski definition) is 2. The molecule has 3 N–H and O–H groups in total. The van der Waals surface area contributed by atoms with Crippen molar-refractivity contribution in [2.75, 3.05) is 13.3 Å². The van der Waals surface area contributed by atoms with Gasteiger partial charge in [0.1, 0.15) is 0 Å². The summed E-state index contributed by atoms with van der Waals surface area (Å²) >= 11 is 0. The molecule has 0 heterocycles. The zero-order valence-electron chi connectivity index (χ0n) is 5.73. The van der Waals surface area contributed by atoms with Crippen molar-refractivity contribution in [3.8, 4) is 0 Å². The van der Waals surface area contributed by atoms with E-state index in [1.165, 1.54) is 0 Å². The van der Waals surface area contributed by atoms with E-state index in [0.717, 1.165) is 0 Å². The Kier molecular flexibility index (Phi) is 3.73. The van der Waals surface area contributed by atoms with Crippen molar-refractivity contribution in [1.29, 1.82) is 0 Å². The molecule has 0 aliphatic carbocycles. The molecule has 0 spiro atoms. The molecule has 0 rings (SSSR count). The van der Waals surface area contributed by atoms with Gasteiger partial charge in [-0.15, -0.1) is 0 Å². The second kappa shape index (κ2) is 3.80. The highest BCUT2D eigenvalue weighted by Crippen LogP contribution is 2.06. The van der Waals surface area contributed by atoms with Gasteiger partial charge in [-0.3, -0.25) is 4.39 Å². The van der Waals surface area contributed by atoms with Gasteiger partial charge in [0, 0.05) is 5.54 Å². The molecule has 0 saturated carbocycles. The van der Waals surface area contributed by atoms with E-state index in [4.69, 9.17) is 10.8 Å². The van der Waals surface area contributed by atoms with Crippen molar-refractivity contribution in [2.24, 2.45) is 5.73 Å². The molecule has 0 saturated heterocycles. The lowest BCUT2D eigenvalue weighted by molar-refractivity contribution is 0.195. The van der Waals surface area contributed by atoms with Crippen LogP contribution in [0.5, 0.6) is 0 Å². The number of hydrogen-bond acceptors (Lipinski definition) is 2. The first-order valence-corrected chi connectivity index (χ1v) is 3.08. The third-order valence-corrected chi connectivity index (χ3v) is 1.24. The van der Waals surface area contributed by atoms with Crippen LogP contribution in [-0.4, -0.2) is 23.9 Å². The van der Waals surface area contributed by atoms with Crippen molar-refractivity contribution in [2.45, 2.75) is 25.3 Å². The summed E-state index contributed by atoms with van der Waals surface area (Å²) in [5.74, 6) is 0. The molecule has 0 aromatic heterocycles. The van der Waals surface area contributed by atoms with E-state index in [9.17, 15) is 4.39 Å². The smallest absolute Gasteiger partial charge is 0.0895 e. The van der Waals surface area contributed by atoms with Crippen LogP contribution in [0.3, 0.4) is 0 Å². The van der Waals surface area contributed by atoms with E-state index in [0.29, 0.717) is 12.8 Å². The molecule has 9 heavy (non-hydrogen) atoms. The molecule has 1 atom stereocenters. The lowest BCUT2D eigenvalue weighted by Crippen LogP contribution is -2.40. The molecule has 3 heteroatoms. The van der Waals surface area contributed by atoms with Gasteiger partial charge in [-0.2, -0.15) is 0 Å². The molecule has 0 amide bonds. The summed E-state index contributed by atoms with van der Waals surface area (Å²) in [6.45, 7) is 1.28. The Morgan fingerprint density at radius 2 is 2.22 bits per heavy atom. The van der Waals surface area contributed by atoms with Crippen LogP contribution in [0.2, 0.25) is 0 Å². The van der Waals surface area contributed by atoms with E-state index >= 15 is 0 Å². The normalized spacial score (nSPS) is 17.3. The summed E-state index contributed by atoms with van der Waals surface area (Å²) < 4.78 is 11.5. The minimum Gasteiger partial charge on any atom is -0.394 e. The van der Waals surface area contributed by atoms with E-state index in [-0.39, 0.29) is 13.3 Å². The molecule has 0 unspecified atom stereocenters. The minimum atomic E-state index is -0.591. The van der Waals surface area contributed by atoms with Crippen LogP contribution in [0.25, 0.3) is 0 Å². The summed E-state index contributed by atoms with van der Waals surface area (Å²) in [7, 11) is 0. The van der Waals surface area contributed by atoms with Gasteiger partial charge < -0.3 is 10.8 Å². The van der Waals surface area contributed by atoms with E-state index in [1.807, 2.05) is 0 Å². The van der Waals surface area contributed by atoms with Crippen molar-refractivity contribution in [3.63, 3.8) is 0 Å². The third kappa shape index (κ3) is 4.36. The monoisotopic (exact) mass is 135 g/mol. The van der Waals surface area contributed by atoms with Crippen LogP contribution < -0.4 is 5.73 Å². The Hall–Kier alpha value is -0.150. The largest absolute Gasteiger partial charge is 0.394 e. The fraction of sp³-hybridized carbons (Fsp3) is 1.00. The second-order valence-electron chi connectivity index (χ2n) is 2.60. The van der Waals surface area contributed by atoms with Gasteiger partial charge in [0.2, 0.25) is 0 Å². The highest BCUT2D eigenvalue weighted by atomic mass is 19.1. The molecular formula is C6H14FNO. The molecule has 0 radical (unpaired) electrons. The molecule has 0 bridgehead atoms. The Balaban J connectivity index is 3.33. The van der Waals surface area contributed by atoms with Gasteiger partial charge >= 0.3 is 0 Å². The zero-order chi connectivity index (χ0) is 7.33. The first-order valence-electron chi connectivity index (χ1n) is 3.08. The number of aliphatic hydroxyl groups is 1. The first-order chi connectivity index (χ1) is 4.12. The molecule has 56 valence electrons. The molecule has 0 aliphatic rings. The Labute approximate surface area is 54.9 Å². The zero-order valence-corrected chi connectivity index (χ0v) is 5.73. The maximum absolute atomic E-state index is 11.5. The average molecular weight is 135 g/mol. The summed E-state index contributed by atoms with van der Waals surface area (Å²) in [5, 5.41) is 8.57. The standard InChI is InChI=1S/C6H14FNO/c1-6(8,5-9)3-2-4-7/h9H,2-5,8H2,1H3/t6-/m0/s1. The van der Waals surface area contributed by atoms with Gasteiger partial charge in [-0.1, -0.05) is 0 Å². The van der Waals surface area contributed by atoms with Crippen LogP contribution >= 0.6 is 0 Å². The van der Waals surface area contributed by atoms with E-state index in [2.05, 4.69) is 0 Å². The van der Waals surface area contributed by atoms with Crippen LogP contribution in [-0.2, 0) is 0 Å². The highest BCUT2D eigenvalue weighted by molar-refractivity contribution is 4.76. The third-order valence-electron chi connectivity index (χ3n) is 1.24. The van der Waals surface area contributed by atoms with Crippen molar-refractivity contribution >= 4 is 0 Å².